The number of hydrogen-bond donors (Lipinski definition) is 4. The van der Waals surface area contributed by atoms with Crippen molar-refractivity contribution >= 4 is 22.1 Å². The maximum atomic E-state index is 12.8. The van der Waals surface area contributed by atoms with Crippen molar-refractivity contribution < 1.29 is 15.3 Å². The summed E-state index contributed by atoms with van der Waals surface area (Å²) in [5.74, 6) is 0. The Morgan fingerprint density at radius 3 is 2.32 bits per heavy atom. The molecule has 8 heteroatoms. The van der Waals surface area contributed by atoms with Crippen LogP contribution in [0.1, 0.15) is 22.4 Å². The van der Waals surface area contributed by atoms with Crippen LogP contribution >= 0.6 is 15.9 Å². The van der Waals surface area contributed by atoms with Crippen LogP contribution in [0.25, 0.3) is 5.69 Å². The summed E-state index contributed by atoms with van der Waals surface area (Å²) in [6.45, 7) is 4.04. The molecule has 2 rings (SSSR count). The minimum absolute atomic E-state index is 0.297. The lowest BCUT2D eigenvalue weighted by molar-refractivity contribution is 0.0718. The van der Waals surface area contributed by atoms with E-state index in [4.69, 9.17) is 0 Å². The van der Waals surface area contributed by atoms with Gasteiger partial charge in [-0.2, -0.15) is 0 Å². The number of aromatic nitrogens is 2. The van der Waals surface area contributed by atoms with E-state index >= 15 is 0 Å². The van der Waals surface area contributed by atoms with Crippen molar-refractivity contribution in [2.75, 3.05) is 19.8 Å². The number of aliphatic hydroxyl groups is 3. The molecule has 0 saturated carbocycles. The van der Waals surface area contributed by atoms with Crippen molar-refractivity contribution in [2.45, 2.75) is 26.3 Å². The molecule has 4 N–H and O–H groups in total. The molecule has 0 aliphatic heterocycles. The summed E-state index contributed by atoms with van der Waals surface area (Å²) in [5.41, 5.74) is 1.91. The van der Waals surface area contributed by atoms with Gasteiger partial charge in [0.25, 0.3) is 5.56 Å². The molecule has 0 fully saturated rings. The van der Waals surface area contributed by atoms with Crippen molar-refractivity contribution in [1.82, 2.24) is 9.78 Å². The Morgan fingerprint density at radius 2 is 1.76 bits per heavy atom. The first-order valence-electron chi connectivity index (χ1n) is 7.75. The number of aromatic amines is 1. The highest BCUT2D eigenvalue weighted by Gasteiger charge is 2.26. The smallest absolute Gasteiger partial charge is 0.280 e. The van der Waals surface area contributed by atoms with Gasteiger partial charge in [0, 0.05) is 16.4 Å². The highest BCUT2D eigenvalue weighted by Crippen LogP contribution is 2.24. The third kappa shape index (κ3) is 3.62. The van der Waals surface area contributed by atoms with E-state index < -0.39 is 25.4 Å². The first-order chi connectivity index (χ1) is 11.8. The monoisotopic (exact) mass is 411 g/mol. The van der Waals surface area contributed by atoms with Crippen LogP contribution in [-0.2, 0) is 0 Å². The molecule has 0 amide bonds. The lowest BCUT2D eigenvalue weighted by Crippen LogP contribution is -2.40. The van der Waals surface area contributed by atoms with Crippen LogP contribution in [0.15, 0.2) is 26.4 Å². The zero-order valence-corrected chi connectivity index (χ0v) is 16.0. The minimum Gasteiger partial charge on any atom is -0.394 e. The van der Waals surface area contributed by atoms with Crippen molar-refractivity contribution in [3.8, 4) is 5.69 Å². The number of H-pyrrole nitrogens is 1. The summed E-state index contributed by atoms with van der Waals surface area (Å²) in [5, 5.41) is 31.0. The molecule has 0 aliphatic carbocycles. The zero-order chi connectivity index (χ0) is 18.8. The van der Waals surface area contributed by atoms with Gasteiger partial charge in [-0.05, 0) is 44.0 Å². The molecule has 0 bridgehead atoms. The molecule has 25 heavy (non-hydrogen) atoms. The van der Waals surface area contributed by atoms with Gasteiger partial charge in [-0.15, -0.1) is 0 Å². The Kier molecular flexibility index (Phi) is 5.99. The van der Waals surface area contributed by atoms with Crippen molar-refractivity contribution in [3.63, 3.8) is 0 Å². The number of aliphatic hydroxyl groups excluding tert-OH is 3. The molecule has 0 unspecified atom stereocenters. The number of rotatable bonds is 6. The normalized spacial score (nSPS) is 12.3. The van der Waals surface area contributed by atoms with Gasteiger partial charge in [0.05, 0.1) is 31.1 Å². The summed E-state index contributed by atoms with van der Waals surface area (Å²) in [6.07, 6.45) is 1.29. The van der Waals surface area contributed by atoms with Gasteiger partial charge >= 0.3 is 0 Å². The van der Waals surface area contributed by atoms with E-state index in [9.17, 15) is 20.1 Å². The van der Waals surface area contributed by atoms with Crippen LogP contribution in [0.4, 0.5) is 0 Å². The lowest BCUT2D eigenvalue weighted by Gasteiger charge is -2.21. The number of aryl methyl sites for hydroxylation is 1. The fourth-order valence-electron chi connectivity index (χ4n) is 2.37. The molecule has 0 atom stereocenters. The molecule has 2 aromatic rings. The summed E-state index contributed by atoms with van der Waals surface area (Å²) >= 11 is 3.47. The Bertz CT molecular complexity index is 842. The van der Waals surface area contributed by atoms with Gasteiger partial charge in [0.2, 0.25) is 0 Å². The highest BCUT2D eigenvalue weighted by molar-refractivity contribution is 9.10. The van der Waals surface area contributed by atoms with E-state index in [-0.39, 0.29) is 5.56 Å². The molecule has 0 saturated heterocycles. The largest absolute Gasteiger partial charge is 0.394 e. The third-order valence-electron chi connectivity index (χ3n) is 4.40. The van der Waals surface area contributed by atoms with Crippen molar-refractivity contribution in [1.29, 1.82) is 0 Å². The number of hydrogen-bond acceptors (Lipinski definition) is 5. The summed E-state index contributed by atoms with van der Waals surface area (Å²) < 4.78 is 2.40. The molecular weight excluding hydrogens is 390 g/mol. The van der Waals surface area contributed by atoms with E-state index in [0.717, 1.165) is 21.3 Å². The average Bonchev–Trinajstić information content (AvgIpc) is 2.89. The minimum atomic E-state index is -1.41. The van der Waals surface area contributed by atoms with Crippen molar-refractivity contribution in [2.24, 2.45) is 4.99 Å². The van der Waals surface area contributed by atoms with E-state index in [2.05, 4.69) is 26.0 Å². The summed E-state index contributed by atoms with van der Waals surface area (Å²) in [6, 6.07) is 3.71. The third-order valence-corrected chi connectivity index (χ3v) is 5.26. The SMILES string of the molecule is Cc1[nH]n(-c2ccc(Br)c(C)c2C)c(=O)c1C=NC(CO)(CO)CO. The maximum absolute atomic E-state index is 12.8. The van der Waals surface area contributed by atoms with Gasteiger partial charge < -0.3 is 15.3 Å². The van der Waals surface area contributed by atoms with E-state index in [1.54, 1.807) is 6.92 Å². The number of nitrogens with zero attached hydrogens (tertiary/aromatic N) is 2. The van der Waals surface area contributed by atoms with Gasteiger partial charge in [-0.25, -0.2) is 4.68 Å². The standard InChI is InChI=1S/C17H22BrN3O4/c1-10-11(2)15(5-4-14(10)18)21-16(25)13(12(3)20-21)6-19-17(7-22,8-23)9-24/h4-6,20,22-24H,7-9H2,1-3H3. The molecule has 1 heterocycles. The van der Waals surface area contributed by atoms with E-state index in [0.29, 0.717) is 11.3 Å². The average molecular weight is 412 g/mol. The fraction of sp³-hybridized carbons (Fsp3) is 0.412. The van der Waals surface area contributed by atoms with Gasteiger partial charge in [-0.1, -0.05) is 15.9 Å². The molecule has 136 valence electrons. The highest BCUT2D eigenvalue weighted by atomic mass is 79.9. The molecule has 0 spiro atoms. The van der Waals surface area contributed by atoms with Crippen LogP contribution < -0.4 is 5.56 Å². The maximum Gasteiger partial charge on any atom is 0.280 e. The first-order valence-corrected chi connectivity index (χ1v) is 8.55. The molecular formula is C17H22BrN3O4. The number of aliphatic imine (C=N–C) groups is 1. The molecule has 7 nitrogen and oxygen atoms in total. The number of halogens is 1. The fourth-order valence-corrected chi connectivity index (χ4v) is 2.80. The Balaban J connectivity index is 2.53. The quantitative estimate of drug-likeness (QED) is 0.531. The number of nitrogens with one attached hydrogen (secondary N) is 1. The second-order valence-corrected chi connectivity index (χ2v) is 6.92. The number of benzene rings is 1. The van der Waals surface area contributed by atoms with Gasteiger partial charge in [0.1, 0.15) is 5.54 Å². The predicted molar refractivity (Wildman–Crippen MR) is 99.9 cm³/mol. The topological polar surface area (TPSA) is 111 Å². The Labute approximate surface area is 153 Å². The van der Waals surface area contributed by atoms with E-state index in [1.807, 2.05) is 26.0 Å². The van der Waals surface area contributed by atoms with Gasteiger partial charge in [0.15, 0.2) is 0 Å². The predicted octanol–water partition coefficient (Wildman–Crippen LogP) is 0.988. The zero-order valence-electron chi connectivity index (χ0n) is 14.4. The summed E-state index contributed by atoms with van der Waals surface area (Å²) in [7, 11) is 0. The molecule has 0 aliphatic rings. The van der Waals surface area contributed by atoms with Crippen LogP contribution in [-0.4, -0.2) is 56.7 Å². The first kappa shape index (κ1) is 19.6. The van der Waals surface area contributed by atoms with Crippen molar-refractivity contribution in [3.05, 3.63) is 49.3 Å². The second-order valence-electron chi connectivity index (χ2n) is 6.06. The van der Waals surface area contributed by atoms with E-state index in [1.165, 1.54) is 10.9 Å². The molecule has 1 aromatic heterocycles. The van der Waals surface area contributed by atoms with Crippen LogP contribution in [0, 0.1) is 20.8 Å². The molecule has 1 aromatic carbocycles. The van der Waals surface area contributed by atoms with Crippen LogP contribution in [0.3, 0.4) is 0 Å². The van der Waals surface area contributed by atoms with Crippen LogP contribution in [0.5, 0.6) is 0 Å². The summed E-state index contributed by atoms with van der Waals surface area (Å²) in [4.78, 5) is 16.8. The van der Waals surface area contributed by atoms with Gasteiger partial charge in [-0.3, -0.25) is 14.9 Å². The lowest BCUT2D eigenvalue weighted by atomic mass is 10.1. The molecule has 0 radical (unpaired) electrons. The Hall–Kier alpha value is -1.74. The van der Waals surface area contributed by atoms with Crippen LogP contribution in [0.2, 0.25) is 0 Å². The second kappa shape index (κ2) is 7.65. The Morgan fingerprint density at radius 1 is 1.16 bits per heavy atom.